The molecule has 4 atom stereocenters. The molecule has 4 N–H and O–H groups in total. The fourth-order valence-corrected chi connectivity index (χ4v) is 6.27. The van der Waals surface area contributed by atoms with Gasteiger partial charge in [-0.2, -0.15) is 0 Å². The number of rotatable bonds is 4. The van der Waals surface area contributed by atoms with E-state index < -0.39 is 23.7 Å². The number of primary amides is 1. The third-order valence-corrected chi connectivity index (χ3v) is 7.12. The minimum absolute atomic E-state index is 0.104. The maximum atomic E-state index is 12.8. The topological polar surface area (TPSA) is 109 Å². The highest BCUT2D eigenvalue weighted by Gasteiger charge is 2.54. The first-order valence-corrected chi connectivity index (χ1v) is 9.27. The third kappa shape index (κ3) is 2.25. The van der Waals surface area contributed by atoms with E-state index in [2.05, 4.69) is 5.32 Å². The molecule has 3 aliphatic rings. The molecule has 1 aromatic heterocycles. The van der Waals surface area contributed by atoms with Crippen molar-refractivity contribution in [2.24, 2.45) is 29.4 Å². The van der Waals surface area contributed by atoms with Gasteiger partial charge in [-0.05, 0) is 55.9 Å². The molecule has 0 unspecified atom stereocenters. The van der Waals surface area contributed by atoms with Crippen LogP contribution >= 0.6 is 11.3 Å². The van der Waals surface area contributed by atoms with Gasteiger partial charge >= 0.3 is 5.97 Å². The molecule has 0 aliphatic heterocycles. The third-order valence-electron chi connectivity index (χ3n) is 5.91. The maximum absolute atomic E-state index is 12.8. The summed E-state index contributed by atoms with van der Waals surface area (Å²) in [6, 6.07) is 0. The number of fused-ring (bicyclic) bond motifs is 3. The molecule has 2 saturated carbocycles. The molecule has 6 nitrogen and oxygen atoms in total. The average Bonchev–Trinajstić information content (AvgIpc) is 3.24. The second kappa shape index (κ2) is 5.58. The van der Waals surface area contributed by atoms with Gasteiger partial charge in [0.05, 0.1) is 17.4 Å². The van der Waals surface area contributed by atoms with Crippen molar-refractivity contribution in [1.29, 1.82) is 0 Å². The van der Waals surface area contributed by atoms with Gasteiger partial charge in [-0.25, -0.2) is 0 Å². The van der Waals surface area contributed by atoms with Gasteiger partial charge in [-0.1, -0.05) is 0 Å². The number of carboxylic acid groups (broad SMARTS) is 1. The first kappa shape index (κ1) is 15.6. The largest absolute Gasteiger partial charge is 0.481 e. The molecule has 128 valence electrons. The number of thiophene rings is 1. The first-order valence-electron chi connectivity index (χ1n) is 8.45. The van der Waals surface area contributed by atoms with Crippen molar-refractivity contribution in [1.82, 2.24) is 0 Å². The summed E-state index contributed by atoms with van der Waals surface area (Å²) in [4.78, 5) is 37.3. The van der Waals surface area contributed by atoms with E-state index in [1.165, 1.54) is 11.3 Å². The predicted octanol–water partition coefficient (Wildman–Crippen LogP) is 2.02. The van der Waals surface area contributed by atoms with E-state index in [0.717, 1.165) is 49.0 Å². The smallest absolute Gasteiger partial charge is 0.307 e. The lowest BCUT2D eigenvalue weighted by Crippen LogP contribution is -2.38. The zero-order valence-corrected chi connectivity index (χ0v) is 14.0. The lowest BCUT2D eigenvalue weighted by molar-refractivity contribution is -0.148. The minimum Gasteiger partial charge on any atom is -0.481 e. The number of aliphatic carboxylic acids is 1. The molecular weight excluding hydrogens is 328 g/mol. The van der Waals surface area contributed by atoms with E-state index in [-0.39, 0.29) is 17.7 Å². The monoisotopic (exact) mass is 348 g/mol. The Labute approximate surface area is 143 Å². The maximum Gasteiger partial charge on any atom is 0.307 e. The molecule has 24 heavy (non-hydrogen) atoms. The molecular formula is C17H20N2O4S. The summed E-state index contributed by atoms with van der Waals surface area (Å²) in [5, 5.41) is 12.9. The normalized spacial score (nSPS) is 30.3. The molecule has 1 heterocycles. The molecule has 0 aromatic carbocycles. The Morgan fingerprint density at radius 2 is 1.83 bits per heavy atom. The Balaban J connectivity index is 1.61. The number of hydrogen-bond donors (Lipinski definition) is 3. The van der Waals surface area contributed by atoms with Crippen molar-refractivity contribution in [2.75, 3.05) is 5.32 Å². The summed E-state index contributed by atoms with van der Waals surface area (Å²) in [6.07, 6.45) is 5.34. The lowest BCUT2D eigenvalue weighted by atomic mass is 9.79. The summed E-state index contributed by atoms with van der Waals surface area (Å²) >= 11 is 1.41. The molecule has 0 saturated heterocycles. The van der Waals surface area contributed by atoms with Crippen molar-refractivity contribution < 1.29 is 19.5 Å². The number of carboxylic acids is 1. The Morgan fingerprint density at radius 3 is 2.50 bits per heavy atom. The van der Waals surface area contributed by atoms with Crippen LogP contribution in [0.5, 0.6) is 0 Å². The van der Waals surface area contributed by atoms with Crippen LogP contribution in [0.2, 0.25) is 0 Å². The molecule has 2 amide bonds. The number of nitrogens with one attached hydrogen (secondary N) is 1. The Hall–Kier alpha value is -1.89. The lowest BCUT2D eigenvalue weighted by Gasteiger charge is -2.26. The highest BCUT2D eigenvalue weighted by molar-refractivity contribution is 7.17. The number of carbonyl (C=O) groups excluding carboxylic acids is 2. The van der Waals surface area contributed by atoms with Gasteiger partial charge in [0.15, 0.2) is 0 Å². The summed E-state index contributed by atoms with van der Waals surface area (Å²) in [7, 11) is 0. The van der Waals surface area contributed by atoms with Crippen molar-refractivity contribution in [3.8, 4) is 0 Å². The molecule has 2 bridgehead atoms. The molecule has 0 spiro atoms. The van der Waals surface area contributed by atoms with Crippen molar-refractivity contribution in [3.63, 3.8) is 0 Å². The van der Waals surface area contributed by atoms with Gasteiger partial charge < -0.3 is 16.2 Å². The van der Waals surface area contributed by atoms with E-state index in [1.807, 2.05) is 0 Å². The van der Waals surface area contributed by atoms with E-state index in [9.17, 15) is 19.5 Å². The second-order valence-electron chi connectivity index (χ2n) is 7.14. The molecule has 7 heteroatoms. The number of nitrogens with two attached hydrogens (primary N) is 1. The number of amides is 2. The van der Waals surface area contributed by atoms with Crippen LogP contribution in [0.3, 0.4) is 0 Å². The highest BCUT2D eigenvalue weighted by atomic mass is 32.1. The summed E-state index contributed by atoms with van der Waals surface area (Å²) in [6.45, 7) is 0. The van der Waals surface area contributed by atoms with Crippen LogP contribution in [0.25, 0.3) is 0 Å². The Morgan fingerprint density at radius 1 is 1.12 bits per heavy atom. The van der Waals surface area contributed by atoms with Crippen LogP contribution < -0.4 is 11.1 Å². The zero-order valence-electron chi connectivity index (χ0n) is 13.2. The Kier molecular flexibility index (Phi) is 3.63. The van der Waals surface area contributed by atoms with Gasteiger partial charge in [-0.15, -0.1) is 11.3 Å². The van der Waals surface area contributed by atoms with Crippen LogP contribution in [-0.2, 0) is 22.4 Å². The highest BCUT2D eigenvalue weighted by Crippen LogP contribution is 2.53. The van der Waals surface area contributed by atoms with E-state index in [4.69, 9.17) is 5.73 Å². The quantitative estimate of drug-likeness (QED) is 0.773. The predicted molar refractivity (Wildman–Crippen MR) is 88.9 cm³/mol. The summed E-state index contributed by atoms with van der Waals surface area (Å²) < 4.78 is 0. The number of aryl methyl sites for hydroxylation is 1. The minimum atomic E-state index is -0.883. The van der Waals surface area contributed by atoms with E-state index in [0.29, 0.717) is 10.6 Å². The molecule has 1 aromatic rings. The fraction of sp³-hybridized carbons (Fsp3) is 0.588. The van der Waals surface area contributed by atoms with Gasteiger partial charge in [-0.3, -0.25) is 14.4 Å². The van der Waals surface area contributed by atoms with Crippen LogP contribution in [0, 0.1) is 23.7 Å². The van der Waals surface area contributed by atoms with E-state index >= 15 is 0 Å². The Bertz CT molecular complexity index is 741. The molecule has 3 aliphatic carbocycles. The van der Waals surface area contributed by atoms with Gasteiger partial charge in [0.25, 0.3) is 5.91 Å². The zero-order chi connectivity index (χ0) is 17.0. The number of anilines is 1. The summed E-state index contributed by atoms with van der Waals surface area (Å²) in [5.41, 5.74) is 6.91. The molecule has 0 radical (unpaired) electrons. The number of carbonyl (C=O) groups is 3. The van der Waals surface area contributed by atoms with Crippen LogP contribution in [0.15, 0.2) is 0 Å². The van der Waals surface area contributed by atoms with Crippen LogP contribution in [-0.4, -0.2) is 22.9 Å². The summed E-state index contributed by atoms with van der Waals surface area (Å²) in [5.74, 6) is -2.53. The van der Waals surface area contributed by atoms with Gasteiger partial charge in [0.1, 0.15) is 5.00 Å². The SMILES string of the molecule is NC(=O)c1c(NC(=O)[C@@H]2[C@@H]3CC[C@@H](C3)[C@@H]2C(=O)O)sc2c1CCC2. The van der Waals surface area contributed by atoms with Crippen molar-refractivity contribution >= 4 is 34.1 Å². The van der Waals surface area contributed by atoms with Crippen molar-refractivity contribution in [3.05, 3.63) is 16.0 Å². The fourth-order valence-electron chi connectivity index (χ4n) is 4.97. The average molecular weight is 348 g/mol. The first-order chi connectivity index (χ1) is 11.5. The van der Waals surface area contributed by atoms with Crippen LogP contribution in [0.1, 0.15) is 46.5 Å². The van der Waals surface area contributed by atoms with Gasteiger partial charge in [0.2, 0.25) is 5.91 Å². The van der Waals surface area contributed by atoms with Crippen LogP contribution in [0.4, 0.5) is 5.00 Å². The van der Waals surface area contributed by atoms with Gasteiger partial charge in [0, 0.05) is 4.88 Å². The van der Waals surface area contributed by atoms with Crippen molar-refractivity contribution in [2.45, 2.75) is 38.5 Å². The molecule has 4 rings (SSSR count). The molecule has 2 fully saturated rings. The standard InChI is InChI=1S/C17H20N2O4S/c18-14(20)13-9-2-1-3-10(9)24-16(13)19-15(21)11-7-4-5-8(6-7)12(11)17(22)23/h7-8,11-12H,1-6H2,(H2,18,20)(H,19,21)(H,22,23)/t7-,8+,11-,12+/m1/s1. The second-order valence-corrected chi connectivity index (χ2v) is 8.24. The number of hydrogen-bond acceptors (Lipinski definition) is 4. The van der Waals surface area contributed by atoms with E-state index in [1.54, 1.807) is 0 Å².